The van der Waals surface area contributed by atoms with Crippen LogP contribution in [0.3, 0.4) is 0 Å². The minimum absolute atomic E-state index is 0.479. The van der Waals surface area contributed by atoms with E-state index in [-0.39, 0.29) is 0 Å². The van der Waals surface area contributed by atoms with Gasteiger partial charge in [0, 0.05) is 0 Å². The molecule has 1 saturated carbocycles. The van der Waals surface area contributed by atoms with E-state index in [2.05, 4.69) is 11.8 Å². The van der Waals surface area contributed by atoms with E-state index in [0.29, 0.717) is 0 Å². The maximum Gasteiger partial charge on any atom is 0.135 e. The Kier molecular flexibility index (Phi) is 5.10. The molecule has 21 heavy (non-hydrogen) atoms. The summed E-state index contributed by atoms with van der Waals surface area (Å²) in [6.45, 7) is 0. The van der Waals surface area contributed by atoms with Crippen molar-refractivity contribution in [3.05, 3.63) is 33.9 Å². The van der Waals surface area contributed by atoms with Gasteiger partial charge >= 0.3 is 0 Å². The molecule has 1 aliphatic carbocycles. The molecule has 0 aromatic rings. The number of allylic oxidation sites excluding steroid dienone is 6. The van der Waals surface area contributed by atoms with Crippen LogP contribution in [-0.2, 0) is 28.8 Å². The minimum atomic E-state index is -1.37. The van der Waals surface area contributed by atoms with Crippen LogP contribution < -0.4 is 0 Å². The molecule has 0 heterocycles. The molecule has 0 N–H and O–H groups in total. The second kappa shape index (κ2) is 7.00. The van der Waals surface area contributed by atoms with Gasteiger partial charge in [-0.25, -0.2) is 28.8 Å². The Morgan fingerprint density at radius 3 is 1.48 bits per heavy atom. The van der Waals surface area contributed by atoms with Gasteiger partial charge in [-0.1, -0.05) is 11.8 Å². The van der Waals surface area contributed by atoms with Gasteiger partial charge < -0.3 is 0 Å². The summed E-state index contributed by atoms with van der Waals surface area (Å²) in [5.41, 5.74) is -2.78. The van der Waals surface area contributed by atoms with Crippen LogP contribution in [0.1, 0.15) is 0 Å². The SMILES string of the molecule is O=C=CC#CC1C(=C=O)C(=C=O)C(=C=O)C(=C=O)C1=C=O. The van der Waals surface area contributed by atoms with Crippen molar-refractivity contribution < 1.29 is 28.8 Å². The summed E-state index contributed by atoms with van der Waals surface area (Å²) in [4.78, 5) is 64.7. The predicted molar refractivity (Wildman–Crippen MR) is 67.6 cm³/mol. The van der Waals surface area contributed by atoms with Gasteiger partial charge in [0.2, 0.25) is 0 Å². The molecule has 0 atom stereocenters. The third kappa shape index (κ3) is 2.66. The average Bonchev–Trinajstić information content (AvgIpc) is 2.52. The maximum absolute atomic E-state index is 11.0. The Balaban J connectivity index is 3.84. The highest BCUT2D eigenvalue weighted by atomic mass is 16.1. The van der Waals surface area contributed by atoms with Crippen molar-refractivity contribution in [1.82, 2.24) is 0 Å². The molecule has 0 aromatic heterocycles. The zero-order valence-corrected chi connectivity index (χ0v) is 10.1. The molecule has 0 spiro atoms. The molecule has 0 aliphatic heterocycles. The van der Waals surface area contributed by atoms with E-state index in [1.165, 1.54) is 35.6 Å². The van der Waals surface area contributed by atoms with Gasteiger partial charge in [-0.05, 0) is 0 Å². The quantitative estimate of drug-likeness (QED) is 0.407. The summed E-state index contributed by atoms with van der Waals surface area (Å²) >= 11 is 0. The van der Waals surface area contributed by atoms with E-state index in [1.54, 1.807) is 0 Å². The summed E-state index contributed by atoms with van der Waals surface area (Å²) in [5.74, 6) is 11.0. The van der Waals surface area contributed by atoms with Gasteiger partial charge in [0.05, 0.1) is 39.9 Å². The molecule has 0 aromatic carbocycles. The molecular formula is C15H2O6. The largest absolute Gasteiger partial charge is 0.233 e. The van der Waals surface area contributed by atoms with Crippen LogP contribution in [0.5, 0.6) is 0 Å². The van der Waals surface area contributed by atoms with Gasteiger partial charge in [0.1, 0.15) is 35.6 Å². The smallest absolute Gasteiger partial charge is 0.135 e. The first-order valence-corrected chi connectivity index (χ1v) is 5.17. The predicted octanol–water partition coefficient (Wildman–Crippen LogP) is -1.20. The van der Waals surface area contributed by atoms with Crippen molar-refractivity contribution in [2.24, 2.45) is 5.92 Å². The van der Waals surface area contributed by atoms with E-state index in [0.717, 1.165) is 6.08 Å². The number of hydrogen-bond acceptors (Lipinski definition) is 6. The van der Waals surface area contributed by atoms with Crippen molar-refractivity contribution in [1.29, 1.82) is 0 Å². The first kappa shape index (κ1) is 15.3. The number of rotatable bonds is 0. The molecule has 6 nitrogen and oxygen atoms in total. The molecule has 0 bridgehead atoms. The van der Waals surface area contributed by atoms with E-state index in [4.69, 9.17) is 0 Å². The molecule has 1 rings (SSSR count). The number of hydrogen-bond donors (Lipinski definition) is 0. The van der Waals surface area contributed by atoms with Crippen molar-refractivity contribution >= 4 is 35.6 Å². The zero-order chi connectivity index (χ0) is 15.8. The Morgan fingerprint density at radius 2 is 1.14 bits per heavy atom. The normalized spacial score (nSPS) is 16.2. The Labute approximate surface area is 117 Å². The lowest BCUT2D eigenvalue weighted by atomic mass is 9.74. The second-order valence-corrected chi connectivity index (χ2v) is 3.45. The second-order valence-electron chi connectivity index (χ2n) is 3.45. The van der Waals surface area contributed by atoms with Crippen LogP contribution in [0.15, 0.2) is 33.9 Å². The Bertz CT molecular complexity index is 818. The van der Waals surface area contributed by atoms with E-state index >= 15 is 0 Å². The highest BCUT2D eigenvalue weighted by Crippen LogP contribution is 2.38. The summed E-state index contributed by atoms with van der Waals surface area (Å²) < 4.78 is 0. The van der Waals surface area contributed by atoms with Crippen molar-refractivity contribution in [2.75, 3.05) is 0 Å². The van der Waals surface area contributed by atoms with Crippen molar-refractivity contribution in [3.8, 4) is 11.8 Å². The molecule has 0 unspecified atom stereocenters. The van der Waals surface area contributed by atoms with Crippen LogP contribution in [0, 0.1) is 17.8 Å². The van der Waals surface area contributed by atoms with Crippen LogP contribution in [-0.4, -0.2) is 35.6 Å². The van der Waals surface area contributed by atoms with E-state index < -0.39 is 33.8 Å². The van der Waals surface area contributed by atoms with Gasteiger partial charge in [0.25, 0.3) is 0 Å². The van der Waals surface area contributed by atoms with Gasteiger partial charge in [-0.15, -0.1) is 0 Å². The third-order valence-electron chi connectivity index (χ3n) is 2.50. The van der Waals surface area contributed by atoms with Gasteiger partial charge in [0.15, 0.2) is 0 Å². The third-order valence-corrected chi connectivity index (χ3v) is 2.50. The minimum Gasteiger partial charge on any atom is -0.233 e. The fourth-order valence-corrected chi connectivity index (χ4v) is 1.66. The first-order chi connectivity index (χ1) is 10.2. The molecule has 0 saturated heterocycles. The highest BCUT2D eigenvalue weighted by Gasteiger charge is 2.38. The molecule has 1 fully saturated rings. The average molecular weight is 278 g/mol. The summed E-state index contributed by atoms with van der Waals surface area (Å²) in [6.07, 6.45) is 0.754. The van der Waals surface area contributed by atoms with Crippen LogP contribution >= 0.6 is 0 Å². The maximum atomic E-state index is 11.0. The molecule has 0 radical (unpaired) electrons. The lowest BCUT2D eigenvalue weighted by Crippen LogP contribution is -2.21. The zero-order valence-electron chi connectivity index (χ0n) is 10.1. The summed E-state index contributed by atoms with van der Waals surface area (Å²) in [5, 5.41) is 0. The molecule has 0 amide bonds. The van der Waals surface area contributed by atoms with Crippen molar-refractivity contribution in [2.45, 2.75) is 0 Å². The summed E-state index contributed by atoms with van der Waals surface area (Å²) in [6, 6.07) is 0. The fourth-order valence-electron chi connectivity index (χ4n) is 1.66. The topological polar surface area (TPSA) is 102 Å². The lowest BCUT2D eigenvalue weighted by molar-refractivity contribution is 0.556. The Hall–Kier alpha value is -3.74. The van der Waals surface area contributed by atoms with E-state index in [1.807, 2.05) is 0 Å². The highest BCUT2D eigenvalue weighted by molar-refractivity contribution is 5.98. The fraction of sp³-hybridized carbons (Fsp3) is 0.0667. The molecular weight excluding hydrogens is 276 g/mol. The van der Waals surface area contributed by atoms with Gasteiger partial charge in [-0.3, -0.25) is 0 Å². The number of carbonyl (C=O) groups excluding carboxylic acids is 6. The van der Waals surface area contributed by atoms with Crippen LogP contribution in [0.2, 0.25) is 0 Å². The monoisotopic (exact) mass is 278 g/mol. The first-order valence-electron chi connectivity index (χ1n) is 5.17. The molecule has 98 valence electrons. The molecule has 6 heteroatoms. The summed E-state index contributed by atoms with van der Waals surface area (Å²) in [7, 11) is 0. The van der Waals surface area contributed by atoms with Gasteiger partial charge in [-0.2, -0.15) is 0 Å². The Morgan fingerprint density at radius 1 is 0.667 bits per heavy atom. The molecule has 1 aliphatic rings. The lowest BCUT2D eigenvalue weighted by Gasteiger charge is -2.20. The van der Waals surface area contributed by atoms with E-state index in [9.17, 15) is 28.8 Å². The van der Waals surface area contributed by atoms with Crippen LogP contribution in [0.4, 0.5) is 0 Å². The van der Waals surface area contributed by atoms with Crippen LogP contribution in [0.25, 0.3) is 0 Å². The standard InChI is InChI=1S/C15H2O6/c16-4-2-1-3-10-11(5-17)13(7-19)15(9-21)14(8-20)12(10)6-18/h2,10H. The van der Waals surface area contributed by atoms with Crippen molar-refractivity contribution in [3.63, 3.8) is 0 Å².